The summed E-state index contributed by atoms with van der Waals surface area (Å²) in [6.45, 7) is 0. The first-order valence-electron chi connectivity index (χ1n) is 5.76. The molecule has 17 heavy (non-hydrogen) atoms. The van der Waals surface area contributed by atoms with E-state index in [1.165, 1.54) is 0 Å². The molecule has 1 fully saturated rings. The summed E-state index contributed by atoms with van der Waals surface area (Å²) in [5.74, 6) is -2.86. The summed E-state index contributed by atoms with van der Waals surface area (Å²) in [5, 5.41) is 12.0. The second-order valence-electron chi connectivity index (χ2n) is 4.68. The normalized spacial score (nSPS) is 25.8. The highest BCUT2D eigenvalue weighted by molar-refractivity contribution is 9.10. The van der Waals surface area contributed by atoms with Crippen LogP contribution in [0.15, 0.2) is 15.9 Å². The number of aliphatic hydroxyl groups excluding tert-OH is 1. The van der Waals surface area contributed by atoms with E-state index in [9.17, 15) is 13.9 Å². The Morgan fingerprint density at radius 3 is 2.94 bits per heavy atom. The Kier molecular flexibility index (Phi) is 4.21. The van der Waals surface area contributed by atoms with Crippen LogP contribution in [0, 0.1) is 5.92 Å². The van der Waals surface area contributed by atoms with Crippen molar-refractivity contribution in [1.82, 2.24) is 0 Å². The first-order chi connectivity index (χ1) is 7.98. The van der Waals surface area contributed by atoms with Crippen LogP contribution < -0.4 is 0 Å². The summed E-state index contributed by atoms with van der Waals surface area (Å²) in [5.41, 5.74) is 0. The fraction of sp³-hybridized carbons (Fsp3) is 0.667. The monoisotopic (exact) mass is 324 g/mol. The van der Waals surface area contributed by atoms with Crippen molar-refractivity contribution in [2.75, 3.05) is 0 Å². The molecule has 1 aliphatic carbocycles. The van der Waals surface area contributed by atoms with E-state index in [2.05, 4.69) is 15.9 Å². The lowest BCUT2D eigenvalue weighted by molar-refractivity contribution is -0.0751. The molecule has 0 radical (unpaired) electrons. The predicted octanol–water partition coefficient (Wildman–Crippen LogP) is 4.24. The highest BCUT2D eigenvalue weighted by atomic mass is 79.9. The Morgan fingerprint density at radius 1 is 1.59 bits per heavy atom. The Morgan fingerprint density at radius 2 is 2.35 bits per heavy atom. The zero-order valence-electron chi connectivity index (χ0n) is 9.33. The van der Waals surface area contributed by atoms with Crippen LogP contribution in [-0.4, -0.2) is 17.1 Å². The van der Waals surface area contributed by atoms with E-state index in [0.717, 1.165) is 9.35 Å². The molecule has 0 spiro atoms. The van der Waals surface area contributed by atoms with Gasteiger partial charge in [0.2, 0.25) is 5.92 Å². The molecular weight excluding hydrogens is 310 g/mol. The second kappa shape index (κ2) is 5.33. The van der Waals surface area contributed by atoms with Gasteiger partial charge in [-0.2, -0.15) is 0 Å². The minimum Gasteiger partial charge on any atom is -0.392 e. The van der Waals surface area contributed by atoms with E-state index in [4.69, 9.17) is 0 Å². The summed E-state index contributed by atoms with van der Waals surface area (Å²) in [6.07, 6.45) is 0.839. The highest BCUT2D eigenvalue weighted by Crippen LogP contribution is 2.39. The van der Waals surface area contributed by atoms with Crippen LogP contribution in [0.25, 0.3) is 0 Å². The van der Waals surface area contributed by atoms with Gasteiger partial charge in [-0.05, 0) is 46.1 Å². The lowest BCUT2D eigenvalue weighted by Crippen LogP contribution is -2.33. The van der Waals surface area contributed by atoms with Crippen molar-refractivity contribution in [1.29, 1.82) is 0 Å². The van der Waals surface area contributed by atoms with Gasteiger partial charge in [-0.25, -0.2) is 8.78 Å². The molecule has 96 valence electrons. The molecule has 1 heterocycles. The Bertz CT molecular complexity index is 380. The van der Waals surface area contributed by atoms with Gasteiger partial charge in [0.25, 0.3) is 0 Å². The number of halogens is 3. The van der Waals surface area contributed by atoms with E-state index in [1.807, 2.05) is 11.4 Å². The standard InChI is InChI=1S/C12H15BrF2OS/c13-9-3-5-17-11(9)6-10(16)8-2-1-4-12(14,15)7-8/h3,5,8,10,16H,1-2,4,6-7H2. The largest absolute Gasteiger partial charge is 0.392 e. The maximum Gasteiger partial charge on any atom is 0.248 e. The lowest BCUT2D eigenvalue weighted by Gasteiger charge is -2.31. The van der Waals surface area contributed by atoms with Crippen LogP contribution >= 0.6 is 27.3 Å². The van der Waals surface area contributed by atoms with E-state index < -0.39 is 12.0 Å². The number of hydrogen-bond donors (Lipinski definition) is 1. The number of thiophene rings is 1. The number of aliphatic hydroxyl groups is 1. The van der Waals surface area contributed by atoms with Crippen molar-refractivity contribution in [2.24, 2.45) is 5.92 Å². The fourth-order valence-corrected chi connectivity index (χ4v) is 3.93. The summed E-state index contributed by atoms with van der Waals surface area (Å²) in [7, 11) is 0. The van der Waals surface area contributed by atoms with E-state index in [-0.39, 0.29) is 18.8 Å². The number of rotatable bonds is 3. The molecule has 0 amide bonds. The molecule has 2 rings (SSSR count). The topological polar surface area (TPSA) is 20.2 Å². The third kappa shape index (κ3) is 3.48. The molecular formula is C12H15BrF2OS. The quantitative estimate of drug-likeness (QED) is 0.881. The molecule has 1 saturated carbocycles. The van der Waals surface area contributed by atoms with Crippen LogP contribution in [0.1, 0.15) is 30.6 Å². The third-order valence-corrected chi connectivity index (χ3v) is 5.26. The van der Waals surface area contributed by atoms with Crippen LogP contribution in [0.4, 0.5) is 8.78 Å². The molecule has 2 unspecified atom stereocenters. The molecule has 1 nitrogen and oxygen atoms in total. The minimum absolute atomic E-state index is 0.0289. The molecule has 5 heteroatoms. The molecule has 2 atom stereocenters. The fourth-order valence-electron chi connectivity index (χ4n) is 2.37. The van der Waals surface area contributed by atoms with Crippen LogP contribution in [-0.2, 0) is 6.42 Å². The Balaban J connectivity index is 1.96. The highest BCUT2D eigenvalue weighted by Gasteiger charge is 2.38. The van der Waals surface area contributed by atoms with Crippen molar-refractivity contribution in [2.45, 2.75) is 44.1 Å². The maximum atomic E-state index is 13.3. The van der Waals surface area contributed by atoms with E-state index in [0.29, 0.717) is 19.3 Å². The molecule has 1 aliphatic rings. The molecule has 1 N–H and O–H groups in total. The van der Waals surface area contributed by atoms with Crippen molar-refractivity contribution in [3.8, 4) is 0 Å². The third-order valence-electron chi connectivity index (χ3n) is 3.31. The van der Waals surface area contributed by atoms with Crippen LogP contribution in [0.2, 0.25) is 0 Å². The summed E-state index contributed by atoms with van der Waals surface area (Å²) < 4.78 is 27.5. The van der Waals surface area contributed by atoms with Gasteiger partial charge in [-0.15, -0.1) is 11.3 Å². The maximum absolute atomic E-state index is 13.3. The van der Waals surface area contributed by atoms with Crippen LogP contribution in [0.5, 0.6) is 0 Å². The molecule has 0 aliphatic heterocycles. The summed E-state index contributed by atoms with van der Waals surface area (Å²) in [6, 6.07) is 1.92. The summed E-state index contributed by atoms with van der Waals surface area (Å²) >= 11 is 4.94. The van der Waals surface area contributed by atoms with Crippen molar-refractivity contribution in [3.05, 3.63) is 20.8 Å². The van der Waals surface area contributed by atoms with Gasteiger partial charge < -0.3 is 5.11 Å². The van der Waals surface area contributed by atoms with Gasteiger partial charge in [0.1, 0.15) is 0 Å². The predicted molar refractivity (Wildman–Crippen MR) is 68.6 cm³/mol. The molecule has 0 aromatic carbocycles. The van der Waals surface area contributed by atoms with Gasteiger partial charge in [0, 0.05) is 28.6 Å². The molecule has 1 aromatic rings. The lowest BCUT2D eigenvalue weighted by atomic mass is 9.82. The van der Waals surface area contributed by atoms with Crippen molar-refractivity contribution >= 4 is 27.3 Å². The molecule has 1 aromatic heterocycles. The van der Waals surface area contributed by atoms with Gasteiger partial charge in [-0.3, -0.25) is 0 Å². The SMILES string of the molecule is OC(Cc1sccc1Br)C1CCCC(F)(F)C1. The zero-order valence-corrected chi connectivity index (χ0v) is 11.7. The van der Waals surface area contributed by atoms with E-state index >= 15 is 0 Å². The van der Waals surface area contributed by atoms with Crippen LogP contribution in [0.3, 0.4) is 0 Å². The Labute approximate surface area is 112 Å². The zero-order chi connectivity index (χ0) is 12.5. The first kappa shape index (κ1) is 13.4. The Hall–Kier alpha value is -0.0000000000000000555. The minimum atomic E-state index is -2.59. The van der Waals surface area contributed by atoms with Gasteiger partial charge in [0.15, 0.2) is 0 Å². The van der Waals surface area contributed by atoms with Crippen molar-refractivity contribution in [3.63, 3.8) is 0 Å². The average molecular weight is 325 g/mol. The van der Waals surface area contributed by atoms with Gasteiger partial charge in [-0.1, -0.05) is 0 Å². The first-order valence-corrected chi connectivity index (χ1v) is 7.43. The summed E-state index contributed by atoms with van der Waals surface area (Å²) in [4.78, 5) is 1.03. The number of hydrogen-bond acceptors (Lipinski definition) is 2. The second-order valence-corrected chi connectivity index (χ2v) is 6.53. The van der Waals surface area contributed by atoms with Gasteiger partial charge >= 0.3 is 0 Å². The van der Waals surface area contributed by atoms with Crippen molar-refractivity contribution < 1.29 is 13.9 Å². The van der Waals surface area contributed by atoms with Gasteiger partial charge in [0.05, 0.1) is 6.10 Å². The number of alkyl halides is 2. The van der Waals surface area contributed by atoms with E-state index in [1.54, 1.807) is 11.3 Å². The smallest absolute Gasteiger partial charge is 0.248 e. The molecule has 0 bridgehead atoms. The molecule has 0 saturated heterocycles. The average Bonchev–Trinajstić information content (AvgIpc) is 2.63.